The molecule has 1 aromatic rings. The lowest BCUT2D eigenvalue weighted by Gasteiger charge is -2.45. The Bertz CT molecular complexity index is 354. The molecule has 0 spiro atoms. The summed E-state index contributed by atoms with van der Waals surface area (Å²) in [6.07, 6.45) is 0.235. The first-order chi connectivity index (χ1) is 8.14. The van der Waals surface area contributed by atoms with Crippen LogP contribution in [-0.2, 0) is 11.3 Å². The van der Waals surface area contributed by atoms with Gasteiger partial charge in [0.2, 0.25) is 0 Å². The van der Waals surface area contributed by atoms with Gasteiger partial charge in [-0.1, -0.05) is 30.3 Å². The minimum absolute atomic E-state index is 0.132. The highest BCUT2D eigenvalue weighted by atomic mass is 16.5. The molecule has 17 heavy (non-hydrogen) atoms. The van der Waals surface area contributed by atoms with E-state index >= 15 is 0 Å². The van der Waals surface area contributed by atoms with Crippen molar-refractivity contribution in [2.75, 3.05) is 19.8 Å². The number of nitrogens with zero attached hydrogens (tertiary/aromatic N) is 1. The van der Waals surface area contributed by atoms with Gasteiger partial charge in [-0.25, -0.2) is 0 Å². The van der Waals surface area contributed by atoms with Gasteiger partial charge >= 0.3 is 0 Å². The van der Waals surface area contributed by atoms with E-state index in [2.05, 4.69) is 43.0 Å². The predicted molar refractivity (Wildman–Crippen MR) is 67.8 cm³/mol. The summed E-state index contributed by atoms with van der Waals surface area (Å²) in [5.74, 6) is 0. The van der Waals surface area contributed by atoms with E-state index in [0.29, 0.717) is 6.61 Å². The second kappa shape index (κ2) is 5.17. The maximum atomic E-state index is 9.56. The van der Waals surface area contributed by atoms with Crippen LogP contribution < -0.4 is 0 Å². The van der Waals surface area contributed by atoms with E-state index in [0.717, 1.165) is 13.1 Å². The number of ether oxygens (including phenoxy) is 1. The quantitative estimate of drug-likeness (QED) is 0.865. The molecule has 1 heterocycles. The van der Waals surface area contributed by atoms with Crippen molar-refractivity contribution in [2.45, 2.75) is 32.0 Å². The van der Waals surface area contributed by atoms with Gasteiger partial charge in [-0.2, -0.15) is 0 Å². The van der Waals surface area contributed by atoms with E-state index in [1.54, 1.807) is 0 Å². The summed E-state index contributed by atoms with van der Waals surface area (Å²) in [5, 5.41) is 9.56. The second-order valence-corrected chi connectivity index (χ2v) is 5.14. The van der Waals surface area contributed by atoms with Crippen LogP contribution in [-0.4, -0.2) is 41.4 Å². The van der Waals surface area contributed by atoms with Gasteiger partial charge in [0.1, 0.15) is 0 Å². The molecule has 2 atom stereocenters. The largest absolute Gasteiger partial charge is 0.394 e. The fraction of sp³-hybridized carbons (Fsp3) is 0.571. The van der Waals surface area contributed by atoms with Crippen LogP contribution in [0.15, 0.2) is 30.3 Å². The third kappa shape index (κ3) is 2.86. The van der Waals surface area contributed by atoms with E-state index in [-0.39, 0.29) is 18.2 Å². The number of benzene rings is 1. The van der Waals surface area contributed by atoms with Crippen LogP contribution in [0, 0.1) is 0 Å². The Morgan fingerprint density at radius 1 is 1.41 bits per heavy atom. The molecular weight excluding hydrogens is 214 g/mol. The van der Waals surface area contributed by atoms with Crippen LogP contribution in [0.25, 0.3) is 0 Å². The van der Waals surface area contributed by atoms with Crippen LogP contribution in [0.1, 0.15) is 19.4 Å². The Morgan fingerprint density at radius 3 is 2.76 bits per heavy atom. The standard InChI is InChI=1S/C14H21NO2/c1-12-8-15(14(2,10-16)11-17-12)9-13-6-4-3-5-7-13/h3-7,12,16H,8-11H2,1-2H3. The average Bonchev–Trinajstić information content (AvgIpc) is 2.35. The predicted octanol–water partition coefficient (Wildman–Crippen LogP) is 1.66. The lowest BCUT2D eigenvalue weighted by atomic mass is 9.98. The zero-order chi connectivity index (χ0) is 12.3. The van der Waals surface area contributed by atoms with Crippen molar-refractivity contribution < 1.29 is 9.84 Å². The molecule has 0 aliphatic carbocycles. The zero-order valence-electron chi connectivity index (χ0n) is 10.6. The molecular formula is C14H21NO2. The third-order valence-electron chi connectivity index (χ3n) is 3.48. The van der Waals surface area contributed by atoms with E-state index in [1.165, 1.54) is 5.56 Å². The lowest BCUT2D eigenvalue weighted by Crippen LogP contribution is -2.58. The zero-order valence-corrected chi connectivity index (χ0v) is 10.6. The summed E-state index contributed by atoms with van der Waals surface area (Å²) in [5.41, 5.74) is 1.02. The molecule has 2 unspecified atom stereocenters. The first kappa shape index (κ1) is 12.6. The number of aliphatic hydroxyl groups excluding tert-OH is 1. The van der Waals surface area contributed by atoms with Crippen molar-refractivity contribution in [3.63, 3.8) is 0 Å². The van der Waals surface area contributed by atoms with Gasteiger partial charge in [0.25, 0.3) is 0 Å². The molecule has 0 saturated carbocycles. The Hall–Kier alpha value is -0.900. The highest BCUT2D eigenvalue weighted by molar-refractivity contribution is 5.15. The van der Waals surface area contributed by atoms with Crippen molar-refractivity contribution >= 4 is 0 Å². The van der Waals surface area contributed by atoms with E-state index in [9.17, 15) is 5.11 Å². The fourth-order valence-corrected chi connectivity index (χ4v) is 2.20. The Labute approximate surface area is 103 Å². The number of morpholine rings is 1. The first-order valence-corrected chi connectivity index (χ1v) is 6.15. The van der Waals surface area contributed by atoms with Crippen LogP contribution in [0.3, 0.4) is 0 Å². The Kier molecular flexibility index (Phi) is 3.82. The van der Waals surface area contributed by atoms with Crippen LogP contribution >= 0.6 is 0 Å². The van der Waals surface area contributed by atoms with Crippen molar-refractivity contribution in [3.05, 3.63) is 35.9 Å². The minimum Gasteiger partial charge on any atom is -0.394 e. The molecule has 0 aromatic heterocycles. The van der Waals surface area contributed by atoms with Gasteiger partial charge in [0, 0.05) is 13.1 Å². The SMILES string of the molecule is CC1CN(Cc2ccccc2)C(C)(CO)CO1. The number of aliphatic hydroxyl groups is 1. The third-order valence-corrected chi connectivity index (χ3v) is 3.48. The van der Waals surface area contributed by atoms with Gasteiger partial charge in [-0.3, -0.25) is 4.90 Å². The van der Waals surface area contributed by atoms with Gasteiger partial charge in [0.05, 0.1) is 24.9 Å². The van der Waals surface area contributed by atoms with Gasteiger partial charge in [0.15, 0.2) is 0 Å². The molecule has 1 aliphatic heterocycles. The molecule has 1 fully saturated rings. The van der Waals surface area contributed by atoms with E-state index < -0.39 is 0 Å². The van der Waals surface area contributed by atoms with Crippen LogP contribution in [0.5, 0.6) is 0 Å². The molecule has 1 aliphatic rings. The highest BCUT2D eigenvalue weighted by Gasteiger charge is 2.36. The molecule has 3 heteroatoms. The topological polar surface area (TPSA) is 32.7 Å². The summed E-state index contributed by atoms with van der Waals surface area (Å²) < 4.78 is 5.65. The Morgan fingerprint density at radius 2 is 2.12 bits per heavy atom. The molecule has 1 N–H and O–H groups in total. The summed E-state index contributed by atoms with van der Waals surface area (Å²) >= 11 is 0. The molecule has 0 amide bonds. The first-order valence-electron chi connectivity index (χ1n) is 6.15. The molecule has 1 saturated heterocycles. The molecule has 0 radical (unpaired) electrons. The Balaban J connectivity index is 2.11. The molecule has 2 rings (SSSR count). The monoisotopic (exact) mass is 235 g/mol. The maximum Gasteiger partial charge on any atom is 0.0675 e. The molecule has 94 valence electrons. The van der Waals surface area contributed by atoms with Crippen molar-refractivity contribution in [1.29, 1.82) is 0 Å². The minimum atomic E-state index is -0.262. The van der Waals surface area contributed by atoms with Gasteiger partial charge in [-0.15, -0.1) is 0 Å². The number of rotatable bonds is 3. The van der Waals surface area contributed by atoms with Gasteiger partial charge < -0.3 is 9.84 Å². The maximum absolute atomic E-state index is 9.56. The van der Waals surface area contributed by atoms with Crippen LogP contribution in [0.2, 0.25) is 0 Å². The smallest absolute Gasteiger partial charge is 0.0675 e. The average molecular weight is 235 g/mol. The van der Waals surface area contributed by atoms with E-state index in [4.69, 9.17) is 4.74 Å². The highest BCUT2D eigenvalue weighted by Crippen LogP contribution is 2.24. The van der Waals surface area contributed by atoms with Crippen molar-refractivity contribution in [2.24, 2.45) is 0 Å². The fourth-order valence-electron chi connectivity index (χ4n) is 2.20. The summed E-state index contributed by atoms with van der Waals surface area (Å²) in [4.78, 5) is 2.32. The van der Waals surface area contributed by atoms with E-state index in [1.807, 2.05) is 6.07 Å². The molecule has 0 bridgehead atoms. The van der Waals surface area contributed by atoms with Gasteiger partial charge in [-0.05, 0) is 19.4 Å². The van der Waals surface area contributed by atoms with Crippen molar-refractivity contribution in [1.82, 2.24) is 4.90 Å². The normalized spacial score (nSPS) is 30.4. The lowest BCUT2D eigenvalue weighted by molar-refractivity contribution is -0.119. The number of hydrogen-bond acceptors (Lipinski definition) is 3. The second-order valence-electron chi connectivity index (χ2n) is 5.14. The molecule has 1 aromatic carbocycles. The van der Waals surface area contributed by atoms with Crippen molar-refractivity contribution in [3.8, 4) is 0 Å². The number of hydrogen-bond donors (Lipinski definition) is 1. The molecule has 3 nitrogen and oxygen atoms in total. The summed E-state index contributed by atoms with van der Waals surface area (Å²) in [6.45, 7) is 6.60. The van der Waals surface area contributed by atoms with Crippen LogP contribution in [0.4, 0.5) is 0 Å². The summed E-state index contributed by atoms with van der Waals surface area (Å²) in [6, 6.07) is 10.4. The summed E-state index contributed by atoms with van der Waals surface area (Å²) in [7, 11) is 0.